The van der Waals surface area contributed by atoms with Crippen molar-refractivity contribution in [2.75, 3.05) is 11.7 Å². The van der Waals surface area contributed by atoms with Crippen LogP contribution in [0.1, 0.15) is 18.2 Å². The largest absolute Gasteiger partial charge is 0.430 e. The molecule has 0 radical (unpaired) electrons. The predicted octanol–water partition coefficient (Wildman–Crippen LogP) is 2.04. The first-order valence-corrected chi connectivity index (χ1v) is 10.2. The number of aromatic nitrogens is 2. The minimum atomic E-state index is -4.21. The molecule has 4 atom stereocenters. The van der Waals surface area contributed by atoms with Gasteiger partial charge in [-0.25, -0.2) is 9.36 Å². The fourth-order valence-corrected chi connectivity index (χ4v) is 3.80. The summed E-state index contributed by atoms with van der Waals surface area (Å²) in [4.78, 5) is 38.5. The van der Waals surface area contributed by atoms with Crippen LogP contribution in [-0.2, 0) is 13.8 Å². The van der Waals surface area contributed by atoms with Crippen LogP contribution in [0.3, 0.4) is 0 Å². The molecule has 1 aromatic carbocycles. The Balaban J connectivity index is 1.72. The Morgan fingerprint density at radius 1 is 1.45 bits per heavy atom. The highest BCUT2D eigenvalue weighted by Gasteiger charge is 2.38. The molecule has 1 aliphatic rings. The fraction of sp³-hybridized carbons (Fsp3) is 0.375. The Morgan fingerprint density at radius 2 is 2.17 bits per heavy atom. The summed E-state index contributed by atoms with van der Waals surface area (Å²) in [7, 11) is -4.21. The number of hydrogen-bond acceptors (Lipinski definition) is 6. The minimum absolute atomic E-state index is 0.130. The number of ether oxygens (including phenoxy) is 1. The van der Waals surface area contributed by atoms with Gasteiger partial charge < -0.3 is 9.63 Å². The molecule has 0 saturated carbocycles. The van der Waals surface area contributed by atoms with Crippen molar-refractivity contribution < 1.29 is 18.7 Å². The summed E-state index contributed by atoms with van der Waals surface area (Å²) < 4.78 is 24.3. The van der Waals surface area contributed by atoms with Crippen LogP contribution < -0.4 is 16.3 Å². The van der Waals surface area contributed by atoms with E-state index in [2.05, 4.69) is 20.1 Å². The van der Waals surface area contributed by atoms with Gasteiger partial charge in [0.25, 0.3) is 5.56 Å². The Morgan fingerprint density at radius 3 is 2.86 bits per heavy atom. The molecule has 1 aromatic heterocycles. The molecule has 29 heavy (non-hydrogen) atoms. The van der Waals surface area contributed by atoms with E-state index in [1.165, 1.54) is 17.7 Å². The van der Waals surface area contributed by atoms with Gasteiger partial charge in [0.05, 0.1) is 18.8 Å². The summed E-state index contributed by atoms with van der Waals surface area (Å²) in [6.07, 6.45) is -0.225. The highest BCUT2D eigenvalue weighted by Crippen LogP contribution is 2.43. The van der Waals surface area contributed by atoms with Crippen LogP contribution in [0.2, 0.25) is 0 Å². The van der Waals surface area contributed by atoms with Crippen molar-refractivity contribution in [2.45, 2.75) is 31.7 Å². The second-order valence-electron chi connectivity index (χ2n) is 6.41. The Labute approximate surface area is 164 Å². The summed E-state index contributed by atoms with van der Waals surface area (Å²) in [5.41, 5.74) is 8.30. The zero-order valence-electron chi connectivity index (χ0n) is 15.3. The normalized spacial score (nSPS) is 23.2. The summed E-state index contributed by atoms with van der Waals surface area (Å²) in [6.45, 7) is 1.18. The molecule has 1 fully saturated rings. The van der Waals surface area contributed by atoms with Gasteiger partial charge in [-0.2, -0.15) is 0 Å². The average Bonchev–Trinajstić information content (AvgIpc) is 3.06. The predicted molar refractivity (Wildman–Crippen MR) is 103 cm³/mol. The van der Waals surface area contributed by atoms with Gasteiger partial charge in [-0.15, -0.1) is 0 Å². The maximum Gasteiger partial charge on any atom is 0.430 e. The quantitative estimate of drug-likeness (QED) is 0.265. The molecular formula is C16H19N6O6P. The molecule has 12 nitrogen and oxygen atoms in total. The monoisotopic (exact) mass is 422 g/mol. The van der Waals surface area contributed by atoms with Crippen molar-refractivity contribution in [3.63, 3.8) is 0 Å². The molecule has 0 spiro atoms. The Hall–Kier alpha value is -2.88. The third-order valence-corrected chi connectivity index (χ3v) is 5.36. The summed E-state index contributed by atoms with van der Waals surface area (Å²) in [5, 5.41) is 6.02. The molecule has 154 valence electrons. The smallest absolute Gasteiger partial charge is 0.352 e. The van der Waals surface area contributed by atoms with E-state index in [1.807, 2.05) is 0 Å². The standard InChI is InChI=1S/C16H19N6O6P/c1-10-8-22(16(24)18-15(10)23)14-7-12(19-21-17)13(28-14)9-27-29(25,26)20-11-5-3-2-4-6-11/h2-6,8,12-14H,7,9H2,1H3,(H,18,23,24)(H2,20,25,26)/t12-,13+,14+/m0/s1. The lowest BCUT2D eigenvalue weighted by atomic mass is 10.1. The van der Waals surface area contributed by atoms with Crippen molar-refractivity contribution >= 4 is 13.4 Å². The lowest BCUT2D eigenvalue weighted by molar-refractivity contribution is -0.0237. The third kappa shape index (κ3) is 5.14. The molecule has 1 unspecified atom stereocenters. The molecule has 1 aliphatic heterocycles. The number of benzene rings is 1. The molecule has 1 saturated heterocycles. The maximum atomic E-state index is 12.3. The summed E-state index contributed by atoms with van der Waals surface area (Å²) in [6, 6.07) is 7.60. The van der Waals surface area contributed by atoms with Crippen molar-refractivity contribution in [3.8, 4) is 0 Å². The van der Waals surface area contributed by atoms with Crippen LogP contribution in [0, 0.1) is 6.92 Å². The first-order chi connectivity index (χ1) is 13.8. The number of aryl methyl sites for hydroxylation is 1. The van der Waals surface area contributed by atoms with Gasteiger partial charge in [-0.05, 0) is 24.6 Å². The highest BCUT2D eigenvalue weighted by molar-refractivity contribution is 7.54. The van der Waals surface area contributed by atoms with Crippen LogP contribution in [-0.4, -0.2) is 33.2 Å². The molecule has 3 rings (SSSR count). The van der Waals surface area contributed by atoms with E-state index in [9.17, 15) is 19.0 Å². The van der Waals surface area contributed by atoms with E-state index in [1.54, 1.807) is 30.3 Å². The molecule has 0 aliphatic carbocycles. The number of H-pyrrole nitrogens is 1. The third-order valence-electron chi connectivity index (χ3n) is 4.32. The lowest BCUT2D eigenvalue weighted by Crippen LogP contribution is -2.33. The molecule has 3 N–H and O–H groups in total. The van der Waals surface area contributed by atoms with E-state index in [0.29, 0.717) is 11.3 Å². The molecule has 2 aromatic rings. The number of rotatable bonds is 7. The first kappa shape index (κ1) is 20.8. The van der Waals surface area contributed by atoms with Crippen LogP contribution in [0.4, 0.5) is 5.69 Å². The van der Waals surface area contributed by atoms with Crippen molar-refractivity contribution in [3.05, 3.63) is 73.4 Å². The number of azide groups is 1. The topological polar surface area (TPSA) is 171 Å². The highest BCUT2D eigenvalue weighted by atomic mass is 31.2. The molecule has 13 heteroatoms. The van der Waals surface area contributed by atoms with Gasteiger partial charge in [0.1, 0.15) is 6.23 Å². The van der Waals surface area contributed by atoms with E-state index < -0.39 is 37.4 Å². The second-order valence-corrected chi connectivity index (χ2v) is 7.93. The fourth-order valence-electron chi connectivity index (χ4n) is 2.91. The summed E-state index contributed by atoms with van der Waals surface area (Å²) in [5.74, 6) is 0. The zero-order chi connectivity index (χ0) is 21.0. The van der Waals surface area contributed by atoms with E-state index in [-0.39, 0.29) is 13.0 Å². The van der Waals surface area contributed by atoms with Crippen molar-refractivity contribution in [2.24, 2.45) is 5.11 Å². The number of hydrogen-bond donors (Lipinski definition) is 3. The lowest BCUT2D eigenvalue weighted by Gasteiger charge is -2.19. The number of anilines is 1. The number of nitrogens with one attached hydrogen (secondary N) is 2. The number of para-hydroxylation sites is 1. The van der Waals surface area contributed by atoms with E-state index in [0.717, 1.165) is 0 Å². The van der Waals surface area contributed by atoms with Gasteiger partial charge in [-0.3, -0.25) is 24.0 Å². The van der Waals surface area contributed by atoms with Gasteiger partial charge in [0, 0.05) is 28.8 Å². The van der Waals surface area contributed by atoms with Crippen molar-refractivity contribution in [1.29, 1.82) is 0 Å². The Kier molecular flexibility index (Phi) is 6.21. The SMILES string of the molecule is Cc1cn([C@H]2C[C@H](N=[N+]=[N-])[C@@H](COP(=O)(O)Nc3ccccc3)O2)c(=O)[nH]c1=O. The number of nitrogens with zero attached hydrogens (tertiary/aromatic N) is 4. The molecule has 0 bridgehead atoms. The van der Waals surface area contributed by atoms with Crippen LogP contribution in [0.5, 0.6) is 0 Å². The van der Waals surface area contributed by atoms with Gasteiger partial charge in [0.15, 0.2) is 0 Å². The molecular weight excluding hydrogens is 403 g/mol. The second kappa shape index (κ2) is 8.64. The van der Waals surface area contributed by atoms with E-state index in [4.69, 9.17) is 14.8 Å². The molecule has 2 heterocycles. The maximum absolute atomic E-state index is 12.3. The van der Waals surface area contributed by atoms with E-state index >= 15 is 0 Å². The summed E-state index contributed by atoms with van der Waals surface area (Å²) >= 11 is 0. The van der Waals surface area contributed by atoms with Crippen LogP contribution >= 0.6 is 7.75 Å². The van der Waals surface area contributed by atoms with Crippen LogP contribution in [0.25, 0.3) is 10.4 Å². The van der Waals surface area contributed by atoms with Gasteiger partial charge in [0.2, 0.25) is 0 Å². The molecule has 0 amide bonds. The minimum Gasteiger partial charge on any atom is -0.352 e. The first-order valence-electron chi connectivity index (χ1n) is 8.61. The van der Waals surface area contributed by atoms with Gasteiger partial charge in [-0.1, -0.05) is 23.3 Å². The van der Waals surface area contributed by atoms with Gasteiger partial charge >= 0.3 is 13.4 Å². The van der Waals surface area contributed by atoms with Crippen molar-refractivity contribution in [1.82, 2.24) is 9.55 Å². The number of aromatic amines is 1. The zero-order valence-corrected chi connectivity index (χ0v) is 16.2. The Bertz CT molecular complexity index is 1080. The average molecular weight is 422 g/mol. The van der Waals surface area contributed by atoms with Crippen LogP contribution in [0.15, 0.2) is 51.2 Å².